The van der Waals surface area contributed by atoms with Gasteiger partial charge in [0.15, 0.2) is 17.6 Å². The maximum Gasteiger partial charge on any atom is 0.261 e. The lowest BCUT2D eigenvalue weighted by Crippen LogP contribution is -2.50. The van der Waals surface area contributed by atoms with Crippen molar-refractivity contribution in [3.05, 3.63) is 24.3 Å². The highest BCUT2D eigenvalue weighted by atomic mass is 16.5. The summed E-state index contributed by atoms with van der Waals surface area (Å²) in [5, 5.41) is 3.12. The molecule has 4 heteroatoms. The van der Waals surface area contributed by atoms with Crippen molar-refractivity contribution in [2.24, 2.45) is 5.41 Å². The number of ether oxygens (including phenoxy) is 2. The SMILES string of the molecule is CCC(Oc1ccccc1OC)C(=O)NC(C)(C)CC(C)(C)C. The maximum absolute atomic E-state index is 12.6. The average Bonchev–Trinajstić information content (AvgIpc) is 2.41. The summed E-state index contributed by atoms with van der Waals surface area (Å²) in [6, 6.07) is 7.38. The minimum absolute atomic E-state index is 0.0901. The molecule has 0 bridgehead atoms. The van der Waals surface area contributed by atoms with Crippen molar-refractivity contribution in [1.82, 2.24) is 5.32 Å². The highest BCUT2D eigenvalue weighted by Gasteiger charge is 2.30. The largest absolute Gasteiger partial charge is 0.493 e. The first-order chi connectivity index (χ1) is 10.6. The fourth-order valence-corrected chi connectivity index (χ4v) is 2.98. The molecule has 1 aromatic carbocycles. The molecule has 4 nitrogen and oxygen atoms in total. The zero-order valence-corrected chi connectivity index (χ0v) is 15.5. The van der Waals surface area contributed by atoms with Crippen molar-refractivity contribution >= 4 is 5.91 Å². The summed E-state index contributed by atoms with van der Waals surface area (Å²) >= 11 is 0. The van der Waals surface area contributed by atoms with Crippen molar-refractivity contribution in [3.63, 3.8) is 0 Å². The van der Waals surface area contributed by atoms with Crippen LogP contribution >= 0.6 is 0 Å². The number of hydrogen-bond acceptors (Lipinski definition) is 3. The summed E-state index contributed by atoms with van der Waals surface area (Å²) < 4.78 is 11.2. The minimum Gasteiger partial charge on any atom is -0.493 e. The number of para-hydroxylation sites is 2. The van der Waals surface area contributed by atoms with Crippen molar-refractivity contribution in [2.75, 3.05) is 7.11 Å². The van der Waals surface area contributed by atoms with Crippen LogP contribution in [0.2, 0.25) is 0 Å². The Labute approximate surface area is 140 Å². The van der Waals surface area contributed by atoms with Crippen LogP contribution in [0, 0.1) is 5.41 Å². The van der Waals surface area contributed by atoms with E-state index in [9.17, 15) is 4.79 Å². The highest BCUT2D eigenvalue weighted by Crippen LogP contribution is 2.29. The number of carbonyl (C=O) groups is 1. The van der Waals surface area contributed by atoms with Gasteiger partial charge in [-0.3, -0.25) is 4.79 Å². The maximum atomic E-state index is 12.6. The van der Waals surface area contributed by atoms with E-state index >= 15 is 0 Å². The summed E-state index contributed by atoms with van der Waals surface area (Å²) in [6.45, 7) is 12.5. The predicted molar refractivity (Wildman–Crippen MR) is 94.0 cm³/mol. The molecule has 0 heterocycles. The van der Waals surface area contributed by atoms with Gasteiger partial charge >= 0.3 is 0 Å². The van der Waals surface area contributed by atoms with E-state index < -0.39 is 6.10 Å². The van der Waals surface area contributed by atoms with Crippen LogP contribution in [-0.4, -0.2) is 24.7 Å². The molecule has 1 amide bonds. The number of benzene rings is 1. The monoisotopic (exact) mass is 321 g/mol. The molecule has 0 aromatic heterocycles. The topological polar surface area (TPSA) is 47.6 Å². The van der Waals surface area contributed by atoms with Crippen molar-refractivity contribution in [3.8, 4) is 11.5 Å². The summed E-state index contributed by atoms with van der Waals surface area (Å²) in [6.07, 6.45) is 0.942. The normalized spacial score (nSPS) is 13.3. The molecule has 0 radical (unpaired) electrons. The molecule has 1 aromatic rings. The van der Waals surface area contributed by atoms with Crippen LogP contribution in [0.4, 0.5) is 0 Å². The molecule has 0 aliphatic carbocycles. The van der Waals surface area contributed by atoms with E-state index in [1.807, 2.05) is 45.0 Å². The van der Waals surface area contributed by atoms with Gasteiger partial charge in [-0.1, -0.05) is 39.8 Å². The molecule has 0 spiro atoms. The second-order valence-electron chi connectivity index (χ2n) is 7.78. The number of carbonyl (C=O) groups excluding carboxylic acids is 1. The highest BCUT2D eigenvalue weighted by molar-refractivity contribution is 5.81. The van der Waals surface area contributed by atoms with Crippen molar-refractivity contribution in [1.29, 1.82) is 0 Å². The van der Waals surface area contributed by atoms with Gasteiger partial charge in [0.05, 0.1) is 7.11 Å². The molecule has 0 saturated carbocycles. The number of nitrogens with one attached hydrogen (secondary N) is 1. The Hall–Kier alpha value is -1.71. The van der Waals surface area contributed by atoms with E-state index in [4.69, 9.17) is 9.47 Å². The second-order valence-corrected chi connectivity index (χ2v) is 7.78. The van der Waals surface area contributed by atoms with Gasteiger partial charge in [0.1, 0.15) is 0 Å². The number of rotatable bonds is 7. The molecule has 0 aliphatic heterocycles. The van der Waals surface area contributed by atoms with Crippen LogP contribution < -0.4 is 14.8 Å². The van der Waals surface area contributed by atoms with Gasteiger partial charge in [0.2, 0.25) is 0 Å². The number of amides is 1. The zero-order chi connectivity index (χ0) is 17.7. The Morgan fingerprint density at radius 1 is 1.13 bits per heavy atom. The zero-order valence-electron chi connectivity index (χ0n) is 15.5. The van der Waals surface area contributed by atoms with E-state index in [1.165, 1.54) is 0 Å². The van der Waals surface area contributed by atoms with Crippen LogP contribution in [0.3, 0.4) is 0 Å². The third-order valence-electron chi connectivity index (χ3n) is 3.44. The lowest BCUT2D eigenvalue weighted by atomic mass is 9.81. The number of methoxy groups -OCH3 is 1. The van der Waals surface area contributed by atoms with E-state index in [0.29, 0.717) is 17.9 Å². The molecule has 130 valence electrons. The Morgan fingerprint density at radius 3 is 2.17 bits per heavy atom. The molecular formula is C19H31NO3. The van der Waals surface area contributed by atoms with Gasteiger partial charge in [-0.15, -0.1) is 0 Å². The van der Waals surface area contributed by atoms with Crippen molar-refractivity contribution in [2.45, 2.75) is 66.0 Å². The summed E-state index contributed by atoms with van der Waals surface area (Å²) in [5.41, 5.74) is -0.144. The Bertz CT molecular complexity index is 518. The van der Waals surface area contributed by atoms with Gasteiger partial charge in [0.25, 0.3) is 5.91 Å². The Kier molecular flexibility index (Phi) is 6.48. The second kappa shape index (κ2) is 7.71. The molecule has 23 heavy (non-hydrogen) atoms. The van der Waals surface area contributed by atoms with Gasteiger partial charge in [-0.25, -0.2) is 0 Å². The first-order valence-electron chi connectivity index (χ1n) is 8.19. The quantitative estimate of drug-likeness (QED) is 0.819. The molecule has 1 unspecified atom stereocenters. The first kappa shape index (κ1) is 19.3. The molecule has 0 aliphatic rings. The predicted octanol–water partition coefficient (Wildman–Crippen LogP) is 4.18. The summed E-state index contributed by atoms with van der Waals surface area (Å²) in [7, 11) is 1.59. The standard InChI is InChI=1S/C19H31NO3/c1-8-14(23-16-12-10-9-11-15(16)22-7)17(21)20-19(5,6)13-18(2,3)4/h9-12,14H,8,13H2,1-7H3,(H,20,21). The van der Waals surface area contributed by atoms with Crippen LogP contribution in [0.25, 0.3) is 0 Å². The third-order valence-corrected chi connectivity index (χ3v) is 3.44. The van der Waals surface area contributed by atoms with Crippen LogP contribution in [0.5, 0.6) is 11.5 Å². The molecule has 0 fully saturated rings. The Balaban J connectivity index is 2.79. The fraction of sp³-hybridized carbons (Fsp3) is 0.632. The van der Waals surface area contributed by atoms with E-state index in [1.54, 1.807) is 7.11 Å². The van der Waals surface area contributed by atoms with E-state index in [-0.39, 0.29) is 16.9 Å². The molecule has 1 rings (SSSR count). The number of hydrogen-bond donors (Lipinski definition) is 1. The minimum atomic E-state index is -0.537. The fourth-order valence-electron chi connectivity index (χ4n) is 2.98. The van der Waals surface area contributed by atoms with E-state index in [0.717, 1.165) is 6.42 Å². The van der Waals surface area contributed by atoms with Gasteiger partial charge in [-0.2, -0.15) is 0 Å². The average molecular weight is 321 g/mol. The lowest BCUT2D eigenvalue weighted by Gasteiger charge is -2.34. The molecule has 1 N–H and O–H groups in total. The van der Waals surface area contributed by atoms with Crippen LogP contribution in [0.15, 0.2) is 24.3 Å². The van der Waals surface area contributed by atoms with E-state index in [2.05, 4.69) is 26.1 Å². The molecule has 0 saturated heterocycles. The van der Waals surface area contributed by atoms with Crippen molar-refractivity contribution < 1.29 is 14.3 Å². The van der Waals surface area contributed by atoms with Gasteiger partial charge < -0.3 is 14.8 Å². The summed E-state index contributed by atoms with van der Waals surface area (Å²) in [4.78, 5) is 12.6. The molecule has 1 atom stereocenters. The van der Waals surface area contributed by atoms with Crippen LogP contribution in [-0.2, 0) is 4.79 Å². The Morgan fingerprint density at radius 2 is 1.70 bits per heavy atom. The first-order valence-corrected chi connectivity index (χ1v) is 8.19. The summed E-state index contributed by atoms with van der Waals surface area (Å²) in [5.74, 6) is 1.13. The van der Waals surface area contributed by atoms with Gasteiger partial charge in [0, 0.05) is 5.54 Å². The molecular weight excluding hydrogens is 290 g/mol. The lowest BCUT2D eigenvalue weighted by molar-refractivity contribution is -0.130. The smallest absolute Gasteiger partial charge is 0.261 e. The van der Waals surface area contributed by atoms with Crippen LogP contribution in [0.1, 0.15) is 54.4 Å². The third kappa shape index (κ3) is 6.51. The van der Waals surface area contributed by atoms with Gasteiger partial charge in [-0.05, 0) is 44.2 Å².